The highest BCUT2D eigenvalue weighted by Crippen LogP contribution is 2.30. The van der Waals surface area contributed by atoms with Gasteiger partial charge in [-0.15, -0.1) is 0 Å². The lowest BCUT2D eigenvalue weighted by atomic mass is 9.96. The Morgan fingerprint density at radius 3 is 2.61 bits per heavy atom. The molecule has 0 atom stereocenters. The SMILES string of the molecule is CC(C)(C)OC(=O)N1CCC(C(=O)Nc2cnc3cc(Br)ccc3c2N)CC1. The van der Waals surface area contributed by atoms with E-state index >= 15 is 0 Å². The number of nitrogens with zero attached hydrogens (tertiary/aromatic N) is 2. The number of nitrogens with two attached hydrogens (primary N) is 1. The Hall–Kier alpha value is -2.35. The third-order valence-corrected chi connectivity index (χ3v) is 5.14. The zero-order valence-electron chi connectivity index (χ0n) is 16.3. The van der Waals surface area contributed by atoms with Gasteiger partial charge in [-0.1, -0.05) is 15.9 Å². The molecule has 3 N–H and O–H groups in total. The number of benzene rings is 1. The summed E-state index contributed by atoms with van der Waals surface area (Å²) in [7, 11) is 0. The van der Waals surface area contributed by atoms with Gasteiger partial charge in [-0.2, -0.15) is 0 Å². The number of halogens is 1. The van der Waals surface area contributed by atoms with Gasteiger partial charge in [0.25, 0.3) is 0 Å². The minimum Gasteiger partial charge on any atom is -0.444 e. The topological polar surface area (TPSA) is 97.5 Å². The molecule has 8 heteroatoms. The fourth-order valence-electron chi connectivity index (χ4n) is 3.17. The van der Waals surface area contributed by atoms with Crippen molar-refractivity contribution >= 4 is 50.2 Å². The second kappa shape index (κ2) is 7.95. The van der Waals surface area contributed by atoms with Crippen LogP contribution in [0, 0.1) is 5.92 Å². The van der Waals surface area contributed by atoms with Gasteiger partial charge < -0.3 is 20.7 Å². The Morgan fingerprint density at radius 1 is 1.29 bits per heavy atom. The van der Waals surface area contributed by atoms with E-state index in [1.165, 1.54) is 0 Å². The number of piperidine rings is 1. The Kier molecular flexibility index (Phi) is 5.79. The van der Waals surface area contributed by atoms with Crippen molar-refractivity contribution in [1.82, 2.24) is 9.88 Å². The zero-order chi connectivity index (χ0) is 20.5. The molecule has 1 fully saturated rings. The summed E-state index contributed by atoms with van der Waals surface area (Å²) in [6.07, 6.45) is 2.41. The first-order valence-electron chi connectivity index (χ1n) is 9.26. The van der Waals surface area contributed by atoms with E-state index in [4.69, 9.17) is 10.5 Å². The standard InChI is InChI=1S/C20H25BrN4O3/c1-20(2,3)28-19(27)25-8-6-12(7-9-25)18(26)24-16-11-23-15-10-13(21)4-5-14(15)17(16)22/h4-5,10-12H,6-9H2,1-3H3,(H2,22,23)(H,24,26). The smallest absolute Gasteiger partial charge is 0.410 e. The van der Waals surface area contributed by atoms with Gasteiger partial charge in [0.1, 0.15) is 5.60 Å². The van der Waals surface area contributed by atoms with E-state index in [2.05, 4.69) is 26.2 Å². The van der Waals surface area contributed by atoms with Crippen molar-refractivity contribution in [2.45, 2.75) is 39.2 Å². The number of ether oxygens (including phenoxy) is 1. The molecule has 0 saturated carbocycles. The van der Waals surface area contributed by atoms with Crippen LogP contribution in [0.25, 0.3) is 10.9 Å². The van der Waals surface area contributed by atoms with Crippen molar-refractivity contribution < 1.29 is 14.3 Å². The number of rotatable bonds is 2. The normalized spacial score (nSPS) is 15.5. The third kappa shape index (κ3) is 4.73. The molecule has 1 aliphatic heterocycles. The largest absolute Gasteiger partial charge is 0.444 e. The average molecular weight is 449 g/mol. The number of nitrogen functional groups attached to an aromatic ring is 1. The third-order valence-electron chi connectivity index (χ3n) is 4.65. The van der Waals surface area contributed by atoms with Crippen LogP contribution in [0.15, 0.2) is 28.9 Å². The second-order valence-electron chi connectivity index (χ2n) is 7.98. The van der Waals surface area contributed by atoms with E-state index < -0.39 is 5.60 Å². The summed E-state index contributed by atoms with van der Waals surface area (Å²) < 4.78 is 6.31. The van der Waals surface area contributed by atoms with Crippen molar-refractivity contribution in [3.05, 3.63) is 28.9 Å². The van der Waals surface area contributed by atoms with E-state index in [1.807, 2.05) is 39.0 Å². The Labute approximate surface area is 172 Å². The number of aromatic nitrogens is 1. The van der Waals surface area contributed by atoms with Gasteiger partial charge >= 0.3 is 6.09 Å². The lowest BCUT2D eigenvalue weighted by molar-refractivity contribution is -0.121. The number of likely N-dealkylation sites (tertiary alicyclic amines) is 1. The number of nitrogens with one attached hydrogen (secondary N) is 1. The monoisotopic (exact) mass is 448 g/mol. The first-order chi connectivity index (χ1) is 13.1. The average Bonchev–Trinajstić information content (AvgIpc) is 2.62. The van der Waals surface area contributed by atoms with Crippen molar-refractivity contribution in [3.8, 4) is 0 Å². The number of carbonyl (C=O) groups is 2. The van der Waals surface area contributed by atoms with Crippen LogP contribution >= 0.6 is 15.9 Å². The number of anilines is 2. The van der Waals surface area contributed by atoms with Crippen LogP contribution < -0.4 is 11.1 Å². The van der Waals surface area contributed by atoms with Gasteiger partial charge in [0.15, 0.2) is 0 Å². The quantitative estimate of drug-likeness (QED) is 0.718. The molecular weight excluding hydrogens is 424 g/mol. The molecule has 0 unspecified atom stereocenters. The van der Waals surface area contributed by atoms with E-state index in [0.29, 0.717) is 37.3 Å². The van der Waals surface area contributed by atoms with Crippen LogP contribution in [-0.2, 0) is 9.53 Å². The Balaban J connectivity index is 1.62. The van der Waals surface area contributed by atoms with E-state index in [9.17, 15) is 9.59 Å². The number of amides is 2. The summed E-state index contributed by atoms with van der Waals surface area (Å²) >= 11 is 3.41. The summed E-state index contributed by atoms with van der Waals surface area (Å²) in [6.45, 7) is 6.50. The summed E-state index contributed by atoms with van der Waals surface area (Å²) in [5, 5.41) is 3.69. The summed E-state index contributed by atoms with van der Waals surface area (Å²) in [5.74, 6) is -0.285. The van der Waals surface area contributed by atoms with Crippen LogP contribution in [-0.4, -0.2) is 40.6 Å². The molecule has 1 aromatic carbocycles. The summed E-state index contributed by atoms with van der Waals surface area (Å²) in [6, 6.07) is 5.64. The van der Waals surface area contributed by atoms with Gasteiger partial charge in [-0.05, 0) is 51.8 Å². The molecule has 0 spiro atoms. The van der Waals surface area contributed by atoms with E-state index in [1.54, 1.807) is 11.1 Å². The first kappa shape index (κ1) is 20.4. The fourth-order valence-corrected chi connectivity index (χ4v) is 3.52. The zero-order valence-corrected chi connectivity index (χ0v) is 17.9. The van der Waals surface area contributed by atoms with Gasteiger partial charge in [-0.25, -0.2) is 4.79 Å². The molecule has 2 heterocycles. The second-order valence-corrected chi connectivity index (χ2v) is 8.89. The maximum atomic E-state index is 12.7. The maximum absolute atomic E-state index is 12.7. The summed E-state index contributed by atoms with van der Waals surface area (Å²) in [5.41, 5.74) is 7.47. The van der Waals surface area contributed by atoms with E-state index in [0.717, 1.165) is 15.4 Å². The van der Waals surface area contributed by atoms with Gasteiger partial charge in [0.05, 0.1) is 23.1 Å². The van der Waals surface area contributed by atoms with E-state index in [-0.39, 0.29) is 17.9 Å². The number of carbonyl (C=O) groups excluding carboxylic acids is 2. The Bertz CT molecular complexity index is 902. The van der Waals surface area contributed by atoms with Crippen LogP contribution in [0.2, 0.25) is 0 Å². The molecule has 1 aromatic heterocycles. The predicted octanol–water partition coefficient (Wildman–Crippen LogP) is 4.17. The molecule has 0 bridgehead atoms. The maximum Gasteiger partial charge on any atom is 0.410 e. The highest BCUT2D eigenvalue weighted by molar-refractivity contribution is 9.10. The number of pyridine rings is 1. The van der Waals surface area contributed by atoms with Crippen molar-refractivity contribution in [2.24, 2.45) is 5.92 Å². The van der Waals surface area contributed by atoms with Crippen molar-refractivity contribution in [3.63, 3.8) is 0 Å². The molecule has 0 radical (unpaired) electrons. The Morgan fingerprint density at radius 2 is 1.96 bits per heavy atom. The van der Waals surface area contributed by atoms with Gasteiger partial charge in [0, 0.05) is 28.9 Å². The van der Waals surface area contributed by atoms with Crippen LogP contribution in [0.1, 0.15) is 33.6 Å². The van der Waals surface area contributed by atoms with Crippen LogP contribution in [0.5, 0.6) is 0 Å². The van der Waals surface area contributed by atoms with Crippen molar-refractivity contribution in [2.75, 3.05) is 24.1 Å². The lowest BCUT2D eigenvalue weighted by Crippen LogP contribution is -2.43. The number of hydrogen-bond donors (Lipinski definition) is 2. The lowest BCUT2D eigenvalue weighted by Gasteiger charge is -2.33. The molecule has 2 aromatic rings. The fraction of sp³-hybridized carbons (Fsp3) is 0.450. The molecule has 3 rings (SSSR count). The van der Waals surface area contributed by atoms with Crippen molar-refractivity contribution in [1.29, 1.82) is 0 Å². The van der Waals surface area contributed by atoms with Gasteiger partial charge in [0.2, 0.25) is 5.91 Å². The molecule has 2 amide bonds. The highest BCUT2D eigenvalue weighted by atomic mass is 79.9. The molecule has 7 nitrogen and oxygen atoms in total. The summed E-state index contributed by atoms with van der Waals surface area (Å²) in [4.78, 5) is 30.9. The number of fused-ring (bicyclic) bond motifs is 1. The minimum absolute atomic E-state index is 0.103. The number of hydrogen-bond acceptors (Lipinski definition) is 5. The molecule has 28 heavy (non-hydrogen) atoms. The first-order valence-corrected chi connectivity index (χ1v) is 10.1. The van der Waals surface area contributed by atoms with Crippen LogP contribution in [0.4, 0.5) is 16.2 Å². The molecule has 150 valence electrons. The molecular formula is C20H25BrN4O3. The van der Waals surface area contributed by atoms with Crippen LogP contribution in [0.3, 0.4) is 0 Å². The predicted molar refractivity (Wildman–Crippen MR) is 113 cm³/mol. The van der Waals surface area contributed by atoms with Gasteiger partial charge in [-0.3, -0.25) is 9.78 Å². The molecule has 0 aliphatic carbocycles. The highest BCUT2D eigenvalue weighted by Gasteiger charge is 2.30. The molecule has 1 saturated heterocycles. The molecule has 1 aliphatic rings. The minimum atomic E-state index is -0.526.